The van der Waals surface area contributed by atoms with Crippen molar-refractivity contribution in [1.29, 1.82) is 0 Å². The zero-order valence-corrected chi connectivity index (χ0v) is 15.2. The van der Waals surface area contributed by atoms with Crippen LogP contribution in [-0.4, -0.2) is 50.3 Å². The van der Waals surface area contributed by atoms with Gasteiger partial charge in [0.25, 0.3) is 0 Å². The van der Waals surface area contributed by atoms with E-state index in [1.54, 1.807) is 0 Å². The number of hydrogen-bond donors (Lipinski definition) is 4. The number of aliphatic carboxylic acids is 1. The van der Waals surface area contributed by atoms with E-state index in [4.69, 9.17) is 5.11 Å². The molecule has 5 heteroatoms. The highest BCUT2D eigenvalue weighted by atomic mass is 16.4. The van der Waals surface area contributed by atoms with Crippen molar-refractivity contribution in [3.8, 4) is 0 Å². The number of rotatable bonds is 19. The molecule has 0 aromatic heterocycles. The Bertz CT molecular complexity index is 250. The lowest BCUT2D eigenvalue weighted by atomic mass is 10.1. The molecule has 0 aromatic carbocycles. The lowest BCUT2D eigenvalue weighted by Gasteiger charge is -2.06. The van der Waals surface area contributed by atoms with Gasteiger partial charge in [-0.3, -0.25) is 4.79 Å². The molecule has 0 atom stereocenters. The minimum Gasteiger partial charge on any atom is -0.481 e. The molecule has 138 valence electrons. The second-order valence-electron chi connectivity index (χ2n) is 6.18. The van der Waals surface area contributed by atoms with Gasteiger partial charge in [-0.25, -0.2) is 0 Å². The third-order valence-corrected chi connectivity index (χ3v) is 3.93. The van der Waals surface area contributed by atoms with Gasteiger partial charge >= 0.3 is 5.97 Å². The molecule has 0 saturated carbocycles. The number of carboxylic acid groups (broad SMARTS) is 1. The van der Waals surface area contributed by atoms with Crippen molar-refractivity contribution in [1.82, 2.24) is 16.0 Å². The van der Waals surface area contributed by atoms with Gasteiger partial charge in [0.15, 0.2) is 0 Å². The molecule has 0 aromatic rings. The Balaban J connectivity index is 2.96. The maximum Gasteiger partial charge on any atom is 0.303 e. The quantitative estimate of drug-likeness (QED) is 0.274. The Morgan fingerprint density at radius 3 is 1.61 bits per heavy atom. The van der Waals surface area contributed by atoms with Crippen LogP contribution >= 0.6 is 0 Å². The SMILES string of the molecule is CCNCCNCCCCCCCCCNCCCCC(=O)O. The summed E-state index contributed by atoms with van der Waals surface area (Å²) in [6, 6.07) is 0. The van der Waals surface area contributed by atoms with Crippen molar-refractivity contribution < 1.29 is 9.90 Å². The van der Waals surface area contributed by atoms with E-state index in [-0.39, 0.29) is 0 Å². The number of carbonyl (C=O) groups is 1. The Labute approximate surface area is 143 Å². The molecule has 0 heterocycles. The van der Waals surface area contributed by atoms with Crippen molar-refractivity contribution in [2.24, 2.45) is 0 Å². The van der Waals surface area contributed by atoms with Crippen LogP contribution in [-0.2, 0) is 4.79 Å². The van der Waals surface area contributed by atoms with Gasteiger partial charge in [-0.05, 0) is 51.9 Å². The largest absolute Gasteiger partial charge is 0.481 e. The van der Waals surface area contributed by atoms with Crippen molar-refractivity contribution in [2.75, 3.05) is 39.3 Å². The van der Waals surface area contributed by atoms with Crippen LogP contribution in [0.4, 0.5) is 0 Å². The Morgan fingerprint density at radius 1 is 0.652 bits per heavy atom. The molecule has 0 aliphatic carbocycles. The fraction of sp³-hybridized carbons (Fsp3) is 0.944. The summed E-state index contributed by atoms with van der Waals surface area (Å²) >= 11 is 0. The first-order chi connectivity index (χ1) is 11.3. The predicted octanol–water partition coefficient (Wildman–Crippen LogP) is 2.76. The highest BCUT2D eigenvalue weighted by Gasteiger charge is 1.96. The Morgan fingerprint density at radius 2 is 1.09 bits per heavy atom. The lowest BCUT2D eigenvalue weighted by molar-refractivity contribution is -0.137. The summed E-state index contributed by atoms with van der Waals surface area (Å²) in [5.74, 6) is -0.686. The fourth-order valence-corrected chi connectivity index (χ4v) is 2.51. The smallest absolute Gasteiger partial charge is 0.303 e. The summed E-state index contributed by atoms with van der Waals surface area (Å²) in [7, 11) is 0. The van der Waals surface area contributed by atoms with Crippen LogP contribution in [0, 0.1) is 0 Å². The van der Waals surface area contributed by atoms with Crippen LogP contribution in [0.15, 0.2) is 0 Å². The molecule has 0 aliphatic heterocycles. The van der Waals surface area contributed by atoms with Gasteiger partial charge in [-0.1, -0.05) is 39.0 Å². The monoisotopic (exact) mass is 329 g/mol. The first kappa shape index (κ1) is 22.4. The molecule has 0 fully saturated rings. The molecule has 0 radical (unpaired) electrons. The van der Waals surface area contributed by atoms with Gasteiger partial charge in [0.05, 0.1) is 0 Å². The van der Waals surface area contributed by atoms with E-state index in [2.05, 4.69) is 22.9 Å². The van der Waals surface area contributed by atoms with Gasteiger partial charge < -0.3 is 21.1 Å². The second kappa shape index (κ2) is 19.4. The van der Waals surface area contributed by atoms with Crippen LogP contribution in [0.25, 0.3) is 0 Å². The summed E-state index contributed by atoms with van der Waals surface area (Å²) < 4.78 is 0. The average molecular weight is 330 g/mol. The normalized spacial score (nSPS) is 11.0. The molecular formula is C18H39N3O2. The summed E-state index contributed by atoms with van der Waals surface area (Å²) in [6.45, 7) is 8.52. The topological polar surface area (TPSA) is 73.4 Å². The molecule has 0 rings (SSSR count). The molecule has 0 spiro atoms. The number of hydrogen-bond acceptors (Lipinski definition) is 4. The van der Waals surface area contributed by atoms with Crippen molar-refractivity contribution in [2.45, 2.75) is 71.1 Å². The van der Waals surface area contributed by atoms with E-state index in [0.717, 1.165) is 52.1 Å². The van der Waals surface area contributed by atoms with Crippen molar-refractivity contribution in [3.63, 3.8) is 0 Å². The van der Waals surface area contributed by atoms with E-state index < -0.39 is 5.97 Å². The standard InChI is InChI=1S/C18H39N3O2/c1-2-19-16-17-21-14-10-7-5-3-4-6-9-13-20-15-11-8-12-18(22)23/h19-21H,2-17H2,1H3,(H,22,23). The van der Waals surface area contributed by atoms with Crippen LogP contribution in [0.3, 0.4) is 0 Å². The van der Waals surface area contributed by atoms with E-state index in [9.17, 15) is 4.79 Å². The molecule has 5 nitrogen and oxygen atoms in total. The molecule has 0 saturated heterocycles. The highest BCUT2D eigenvalue weighted by Crippen LogP contribution is 2.06. The van der Waals surface area contributed by atoms with E-state index in [0.29, 0.717) is 6.42 Å². The Kier molecular flexibility index (Phi) is 18.8. The summed E-state index contributed by atoms with van der Waals surface area (Å²) in [4.78, 5) is 10.3. The lowest BCUT2D eigenvalue weighted by Crippen LogP contribution is -2.27. The number of unbranched alkanes of at least 4 members (excludes halogenated alkanes) is 7. The molecule has 23 heavy (non-hydrogen) atoms. The Hall–Kier alpha value is -0.650. The van der Waals surface area contributed by atoms with Gasteiger partial charge in [-0.15, -0.1) is 0 Å². The third-order valence-electron chi connectivity index (χ3n) is 3.93. The van der Waals surface area contributed by atoms with Crippen LogP contribution in [0.2, 0.25) is 0 Å². The van der Waals surface area contributed by atoms with E-state index in [1.807, 2.05) is 0 Å². The first-order valence-corrected chi connectivity index (χ1v) is 9.61. The van der Waals surface area contributed by atoms with Gasteiger partial charge in [0, 0.05) is 19.5 Å². The van der Waals surface area contributed by atoms with E-state index in [1.165, 1.54) is 44.9 Å². The maximum atomic E-state index is 10.3. The van der Waals surface area contributed by atoms with Gasteiger partial charge in [0.1, 0.15) is 0 Å². The molecular weight excluding hydrogens is 290 g/mol. The zero-order valence-electron chi connectivity index (χ0n) is 15.2. The number of likely N-dealkylation sites (N-methyl/N-ethyl adjacent to an activating group) is 1. The zero-order chi connectivity index (χ0) is 17.0. The number of carboxylic acids is 1. The van der Waals surface area contributed by atoms with Gasteiger partial charge in [-0.2, -0.15) is 0 Å². The minimum absolute atomic E-state index is 0.298. The predicted molar refractivity (Wildman–Crippen MR) is 98.1 cm³/mol. The third kappa shape index (κ3) is 21.4. The maximum absolute atomic E-state index is 10.3. The summed E-state index contributed by atoms with van der Waals surface area (Å²) in [5, 5.41) is 18.7. The van der Waals surface area contributed by atoms with Crippen LogP contribution < -0.4 is 16.0 Å². The van der Waals surface area contributed by atoms with Crippen LogP contribution in [0.1, 0.15) is 71.1 Å². The van der Waals surface area contributed by atoms with Crippen LogP contribution in [0.5, 0.6) is 0 Å². The van der Waals surface area contributed by atoms with Crippen molar-refractivity contribution in [3.05, 3.63) is 0 Å². The molecule has 0 amide bonds. The minimum atomic E-state index is -0.686. The molecule has 4 N–H and O–H groups in total. The number of nitrogens with one attached hydrogen (secondary N) is 3. The second-order valence-corrected chi connectivity index (χ2v) is 6.18. The van der Waals surface area contributed by atoms with E-state index >= 15 is 0 Å². The van der Waals surface area contributed by atoms with Gasteiger partial charge in [0.2, 0.25) is 0 Å². The fourth-order valence-electron chi connectivity index (χ4n) is 2.51. The average Bonchev–Trinajstić information content (AvgIpc) is 2.53. The summed E-state index contributed by atoms with van der Waals surface area (Å²) in [6.07, 6.45) is 11.3. The highest BCUT2D eigenvalue weighted by molar-refractivity contribution is 5.66. The summed E-state index contributed by atoms with van der Waals surface area (Å²) in [5.41, 5.74) is 0. The molecule has 0 unspecified atom stereocenters. The molecule has 0 aliphatic rings. The van der Waals surface area contributed by atoms with Crippen molar-refractivity contribution >= 4 is 5.97 Å². The first-order valence-electron chi connectivity index (χ1n) is 9.61. The molecule has 0 bridgehead atoms.